The Bertz CT molecular complexity index is 211. The Morgan fingerprint density at radius 1 is 1.06 bits per heavy atom. The third-order valence-electron chi connectivity index (χ3n) is 2.19. The van der Waals surface area contributed by atoms with E-state index in [4.69, 9.17) is 9.84 Å². The predicted molar refractivity (Wildman–Crippen MR) is 68.2 cm³/mol. The van der Waals surface area contributed by atoms with E-state index in [1.165, 1.54) is 32.1 Å². The summed E-state index contributed by atoms with van der Waals surface area (Å²) in [5.41, 5.74) is 0. The van der Waals surface area contributed by atoms with Crippen molar-refractivity contribution in [3.63, 3.8) is 0 Å². The monoisotopic (exact) mass is 224 g/mol. The first-order chi connectivity index (χ1) is 7.91. The maximum absolute atomic E-state index is 8.46. The van der Waals surface area contributed by atoms with Crippen molar-refractivity contribution < 1.29 is 9.84 Å². The van der Waals surface area contributed by atoms with E-state index in [9.17, 15) is 0 Å². The summed E-state index contributed by atoms with van der Waals surface area (Å²) in [5.74, 6) is 6.09. The molecule has 2 nitrogen and oxygen atoms in total. The molecule has 0 fully saturated rings. The van der Waals surface area contributed by atoms with Crippen LogP contribution in [0.4, 0.5) is 0 Å². The van der Waals surface area contributed by atoms with Gasteiger partial charge >= 0.3 is 0 Å². The lowest BCUT2D eigenvalue weighted by Gasteiger charge is -1.95. The fourth-order valence-corrected chi connectivity index (χ4v) is 1.28. The van der Waals surface area contributed by atoms with E-state index < -0.39 is 0 Å². The molecule has 0 rings (SSSR count). The summed E-state index contributed by atoms with van der Waals surface area (Å²) in [6.07, 6.45) is 10.9. The second-order valence-corrected chi connectivity index (χ2v) is 3.69. The van der Waals surface area contributed by atoms with E-state index in [2.05, 4.69) is 18.8 Å². The maximum Gasteiger partial charge on any atom is 0.108 e. The molecule has 1 N–H and O–H groups in total. The molecule has 0 bridgehead atoms. The first kappa shape index (κ1) is 15.2. The minimum atomic E-state index is 0.0762. The van der Waals surface area contributed by atoms with Crippen LogP contribution in [-0.4, -0.2) is 24.9 Å². The van der Waals surface area contributed by atoms with Crippen molar-refractivity contribution in [2.24, 2.45) is 0 Å². The summed E-state index contributed by atoms with van der Waals surface area (Å²) in [6.45, 7) is 3.33. The fraction of sp³-hybridized carbons (Fsp3) is 0.714. The Balaban J connectivity index is 3.13. The average Bonchev–Trinajstić information content (AvgIpc) is 2.31. The molecule has 92 valence electrons. The summed E-state index contributed by atoms with van der Waals surface area (Å²) < 4.78 is 5.21. The van der Waals surface area contributed by atoms with E-state index >= 15 is 0 Å². The first-order valence-electron chi connectivity index (χ1n) is 6.21. The molecular formula is C14H24O2. The first-order valence-corrected chi connectivity index (χ1v) is 6.21. The van der Waals surface area contributed by atoms with Gasteiger partial charge in [-0.2, -0.15) is 0 Å². The zero-order chi connectivity index (χ0) is 11.9. The molecule has 0 aromatic rings. The predicted octanol–water partition coefficient (Wildman–Crippen LogP) is 2.92. The van der Waals surface area contributed by atoms with Gasteiger partial charge in [0.15, 0.2) is 0 Å². The van der Waals surface area contributed by atoms with Crippen LogP contribution >= 0.6 is 0 Å². The van der Waals surface area contributed by atoms with Crippen LogP contribution in [0.5, 0.6) is 0 Å². The number of hydrogen-bond acceptors (Lipinski definition) is 2. The van der Waals surface area contributed by atoms with Crippen LogP contribution in [0.2, 0.25) is 0 Å². The standard InChI is InChI=1S/C14H24O2/c1-2-3-4-5-6-7-8-10-13-16-14-11-9-12-15/h9,11,15H,2-7,12-14H2,1H3/b11-9-. The van der Waals surface area contributed by atoms with Gasteiger partial charge in [-0.3, -0.25) is 0 Å². The van der Waals surface area contributed by atoms with Gasteiger partial charge in [0.2, 0.25) is 0 Å². The van der Waals surface area contributed by atoms with E-state index in [1.807, 2.05) is 0 Å². The molecule has 0 saturated carbocycles. The number of aliphatic hydroxyl groups excluding tert-OH is 1. The van der Waals surface area contributed by atoms with Gasteiger partial charge in [-0.25, -0.2) is 0 Å². The molecule has 16 heavy (non-hydrogen) atoms. The summed E-state index contributed by atoms with van der Waals surface area (Å²) in [6, 6.07) is 0. The van der Waals surface area contributed by atoms with Gasteiger partial charge in [-0.15, -0.1) is 5.92 Å². The molecule has 0 aliphatic rings. The van der Waals surface area contributed by atoms with Crippen LogP contribution in [0.3, 0.4) is 0 Å². The third kappa shape index (κ3) is 13.2. The van der Waals surface area contributed by atoms with E-state index in [-0.39, 0.29) is 6.61 Å². The lowest BCUT2D eigenvalue weighted by atomic mass is 10.1. The Morgan fingerprint density at radius 2 is 1.88 bits per heavy atom. The van der Waals surface area contributed by atoms with Crippen molar-refractivity contribution >= 4 is 0 Å². The molecule has 0 unspecified atom stereocenters. The quantitative estimate of drug-likeness (QED) is 0.371. The molecule has 0 saturated heterocycles. The molecule has 0 amide bonds. The molecule has 0 spiro atoms. The highest BCUT2D eigenvalue weighted by Gasteiger charge is 1.85. The maximum atomic E-state index is 8.46. The lowest BCUT2D eigenvalue weighted by molar-refractivity contribution is 0.198. The molecule has 0 aromatic carbocycles. The Hall–Kier alpha value is -0.780. The Kier molecular flexibility index (Phi) is 13.5. The van der Waals surface area contributed by atoms with Crippen LogP contribution in [0.15, 0.2) is 12.2 Å². The number of ether oxygens (including phenoxy) is 1. The summed E-state index contributed by atoms with van der Waals surface area (Å²) >= 11 is 0. The molecule has 0 aliphatic carbocycles. The number of aliphatic hydroxyl groups is 1. The second-order valence-electron chi connectivity index (χ2n) is 3.69. The van der Waals surface area contributed by atoms with Crippen molar-refractivity contribution in [2.75, 3.05) is 19.8 Å². The van der Waals surface area contributed by atoms with E-state index in [0.29, 0.717) is 13.2 Å². The molecule has 0 atom stereocenters. The van der Waals surface area contributed by atoms with Crippen molar-refractivity contribution in [1.82, 2.24) is 0 Å². The van der Waals surface area contributed by atoms with Gasteiger partial charge in [-0.1, -0.05) is 50.7 Å². The highest BCUT2D eigenvalue weighted by molar-refractivity contribution is 4.99. The van der Waals surface area contributed by atoms with Crippen molar-refractivity contribution in [1.29, 1.82) is 0 Å². The summed E-state index contributed by atoms with van der Waals surface area (Å²) in [7, 11) is 0. The lowest BCUT2D eigenvalue weighted by Crippen LogP contribution is -1.91. The van der Waals surface area contributed by atoms with Crippen molar-refractivity contribution in [3.05, 3.63) is 12.2 Å². The van der Waals surface area contributed by atoms with E-state index in [1.54, 1.807) is 12.2 Å². The fourth-order valence-electron chi connectivity index (χ4n) is 1.28. The van der Waals surface area contributed by atoms with Gasteiger partial charge in [0.25, 0.3) is 0 Å². The molecular weight excluding hydrogens is 200 g/mol. The van der Waals surface area contributed by atoms with Gasteiger partial charge < -0.3 is 9.84 Å². The van der Waals surface area contributed by atoms with Crippen LogP contribution in [0.1, 0.15) is 45.4 Å². The average molecular weight is 224 g/mol. The van der Waals surface area contributed by atoms with Gasteiger partial charge in [0.1, 0.15) is 6.61 Å². The smallest absolute Gasteiger partial charge is 0.108 e. The summed E-state index contributed by atoms with van der Waals surface area (Å²) in [4.78, 5) is 0. The van der Waals surface area contributed by atoms with Crippen LogP contribution < -0.4 is 0 Å². The second kappa shape index (κ2) is 14.2. The highest BCUT2D eigenvalue weighted by Crippen LogP contribution is 2.03. The third-order valence-corrected chi connectivity index (χ3v) is 2.19. The van der Waals surface area contributed by atoms with Crippen molar-refractivity contribution in [2.45, 2.75) is 45.4 Å². The van der Waals surface area contributed by atoms with Gasteiger partial charge in [0.05, 0.1) is 13.2 Å². The normalized spacial score (nSPS) is 10.4. The highest BCUT2D eigenvalue weighted by atomic mass is 16.5. The van der Waals surface area contributed by atoms with E-state index in [0.717, 1.165) is 6.42 Å². The minimum Gasteiger partial charge on any atom is -0.392 e. The Morgan fingerprint density at radius 3 is 2.62 bits per heavy atom. The topological polar surface area (TPSA) is 29.5 Å². The number of unbranched alkanes of at least 4 members (excludes halogenated alkanes) is 5. The molecule has 0 aliphatic heterocycles. The van der Waals surface area contributed by atoms with Crippen molar-refractivity contribution in [3.8, 4) is 11.8 Å². The molecule has 0 aromatic heterocycles. The largest absolute Gasteiger partial charge is 0.392 e. The van der Waals surface area contributed by atoms with Crippen LogP contribution in [0.25, 0.3) is 0 Å². The van der Waals surface area contributed by atoms with Gasteiger partial charge in [-0.05, 0) is 6.42 Å². The zero-order valence-electron chi connectivity index (χ0n) is 10.4. The molecule has 0 heterocycles. The summed E-state index contributed by atoms with van der Waals surface area (Å²) in [5, 5.41) is 8.46. The number of rotatable bonds is 9. The van der Waals surface area contributed by atoms with Gasteiger partial charge in [0, 0.05) is 6.42 Å². The SMILES string of the molecule is CCCCCCCC#CCOC/C=C\CO. The molecule has 2 heteroatoms. The van der Waals surface area contributed by atoms with Crippen LogP contribution in [-0.2, 0) is 4.74 Å². The van der Waals surface area contributed by atoms with Crippen LogP contribution in [0, 0.1) is 11.8 Å². The molecule has 0 radical (unpaired) electrons. The Labute approximate surface area is 99.7 Å². The zero-order valence-corrected chi connectivity index (χ0v) is 10.4. The minimum absolute atomic E-state index is 0.0762. The number of hydrogen-bond donors (Lipinski definition) is 1.